The van der Waals surface area contributed by atoms with Crippen molar-refractivity contribution in [1.29, 1.82) is 0 Å². The quantitative estimate of drug-likeness (QED) is 0.885. The number of hydrogen-bond acceptors (Lipinski definition) is 4. The first-order chi connectivity index (χ1) is 10.4. The summed E-state index contributed by atoms with van der Waals surface area (Å²) in [6.07, 6.45) is 3.17. The van der Waals surface area contributed by atoms with Crippen LogP contribution in [0.3, 0.4) is 0 Å². The molecule has 1 heterocycles. The fraction of sp³-hybridized carbons (Fsp3) is 0.312. The normalized spacial score (nSPS) is 12.9. The fourth-order valence-electron chi connectivity index (χ4n) is 2.38. The average molecular weight is 319 g/mol. The number of primary sulfonamides is 1. The zero-order valence-corrected chi connectivity index (χ0v) is 13.6. The molecule has 5 nitrogen and oxygen atoms in total. The van der Waals surface area contributed by atoms with E-state index >= 15 is 0 Å². The van der Waals surface area contributed by atoms with Crippen molar-refractivity contribution < 1.29 is 8.42 Å². The Morgan fingerprint density at radius 3 is 2.36 bits per heavy atom. The summed E-state index contributed by atoms with van der Waals surface area (Å²) in [6.45, 7) is 2.13. The predicted molar refractivity (Wildman–Crippen MR) is 88.2 cm³/mol. The van der Waals surface area contributed by atoms with Crippen molar-refractivity contribution >= 4 is 15.8 Å². The van der Waals surface area contributed by atoms with Gasteiger partial charge in [-0.25, -0.2) is 18.5 Å². The Labute approximate surface area is 131 Å². The molecule has 6 heteroatoms. The van der Waals surface area contributed by atoms with Gasteiger partial charge in [0.25, 0.3) is 0 Å². The summed E-state index contributed by atoms with van der Waals surface area (Å²) in [6, 6.07) is 13.7. The van der Waals surface area contributed by atoms with Crippen LogP contribution in [0, 0.1) is 0 Å². The molecule has 0 aliphatic heterocycles. The van der Waals surface area contributed by atoms with Crippen LogP contribution in [0.1, 0.15) is 18.9 Å². The first kappa shape index (κ1) is 16.5. The third kappa shape index (κ3) is 4.05. The summed E-state index contributed by atoms with van der Waals surface area (Å²) in [4.78, 5) is 6.32. The second-order valence-corrected chi connectivity index (χ2v) is 6.82. The lowest BCUT2D eigenvalue weighted by atomic mass is 10.0. The highest BCUT2D eigenvalue weighted by atomic mass is 32.2. The SMILES string of the molecule is CCC(Cc1ccccc1)N(C)c1ccc(S(N)(=O)=O)cn1. The molecule has 22 heavy (non-hydrogen) atoms. The van der Waals surface area contributed by atoms with Crippen molar-refractivity contribution in [1.82, 2.24) is 4.98 Å². The van der Waals surface area contributed by atoms with Gasteiger partial charge in [0, 0.05) is 19.3 Å². The van der Waals surface area contributed by atoms with E-state index in [9.17, 15) is 8.42 Å². The van der Waals surface area contributed by atoms with E-state index in [1.54, 1.807) is 6.07 Å². The maximum atomic E-state index is 11.3. The molecule has 0 fully saturated rings. The van der Waals surface area contributed by atoms with E-state index in [0.717, 1.165) is 18.7 Å². The van der Waals surface area contributed by atoms with Crippen LogP contribution in [0.4, 0.5) is 5.82 Å². The molecule has 0 aliphatic carbocycles. The van der Waals surface area contributed by atoms with Crippen LogP contribution in [-0.2, 0) is 16.4 Å². The van der Waals surface area contributed by atoms with Crippen molar-refractivity contribution in [3.05, 3.63) is 54.2 Å². The number of aromatic nitrogens is 1. The van der Waals surface area contributed by atoms with E-state index < -0.39 is 10.0 Å². The van der Waals surface area contributed by atoms with Crippen LogP contribution in [0.25, 0.3) is 0 Å². The van der Waals surface area contributed by atoms with Crippen molar-refractivity contribution in [2.24, 2.45) is 5.14 Å². The summed E-state index contributed by atoms with van der Waals surface area (Å²) < 4.78 is 22.5. The van der Waals surface area contributed by atoms with Gasteiger partial charge in [-0.2, -0.15) is 0 Å². The largest absolute Gasteiger partial charge is 0.356 e. The Hall–Kier alpha value is -1.92. The maximum absolute atomic E-state index is 11.3. The number of rotatable bonds is 6. The number of likely N-dealkylation sites (N-methyl/N-ethyl adjacent to an activating group) is 1. The predicted octanol–water partition coefficient (Wildman–Crippen LogP) is 2.19. The minimum atomic E-state index is -3.70. The molecule has 0 saturated heterocycles. The third-order valence-electron chi connectivity index (χ3n) is 3.74. The number of sulfonamides is 1. The van der Waals surface area contributed by atoms with E-state index in [1.807, 2.05) is 25.2 Å². The van der Waals surface area contributed by atoms with Gasteiger partial charge in [0.05, 0.1) is 0 Å². The van der Waals surface area contributed by atoms with Crippen LogP contribution < -0.4 is 10.0 Å². The molecule has 0 amide bonds. The lowest BCUT2D eigenvalue weighted by Gasteiger charge is -2.28. The molecule has 2 rings (SSSR count). The monoisotopic (exact) mass is 319 g/mol. The molecular formula is C16H21N3O2S. The fourth-order valence-corrected chi connectivity index (χ4v) is 2.84. The maximum Gasteiger partial charge on any atom is 0.239 e. The molecule has 2 N–H and O–H groups in total. The highest BCUT2D eigenvalue weighted by molar-refractivity contribution is 7.89. The number of nitrogens with zero attached hydrogens (tertiary/aromatic N) is 2. The molecular weight excluding hydrogens is 298 g/mol. The number of anilines is 1. The van der Waals surface area contributed by atoms with Crippen LogP contribution in [0.5, 0.6) is 0 Å². The molecule has 0 saturated carbocycles. The highest BCUT2D eigenvalue weighted by Gasteiger charge is 2.16. The molecule has 0 radical (unpaired) electrons. The molecule has 1 atom stereocenters. The van der Waals surface area contributed by atoms with Gasteiger partial charge in [-0.1, -0.05) is 37.3 Å². The Balaban J connectivity index is 2.16. The smallest absolute Gasteiger partial charge is 0.239 e. The van der Waals surface area contributed by atoms with Gasteiger partial charge in [0.1, 0.15) is 10.7 Å². The summed E-state index contributed by atoms with van der Waals surface area (Å²) >= 11 is 0. The highest BCUT2D eigenvalue weighted by Crippen LogP contribution is 2.18. The molecule has 118 valence electrons. The first-order valence-corrected chi connectivity index (χ1v) is 8.72. The number of pyridine rings is 1. The van der Waals surface area contributed by atoms with Gasteiger partial charge < -0.3 is 4.90 Å². The van der Waals surface area contributed by atoms with E-state index in [1.165, 1.54) is 17.8 Å². The van der Waals surface area contributed by atoms with Gasteiger partial charge in [0.15, 0.2) is 0 Å². The standard InChI is InChI=1S/C16H21N3O2S/c1-3-14(11-13-7-5-4-6-8-13)19(2)16-10-9-15(12-18-16)22(17,20)21/h4-10,12,14H,3,11H2,1-2H3,(H2,17,20,21). The molecule has 0 spiro atoms. The lowest BCUT2D eigenvalue weighted by Crippen LogP contribution is -2.33. The molecule has 1 aromatic carbocycles. The number of nitrogens with two attached hydrogens (primary N) is 1. The van der Waals surface area contributed by atoms with Crippen LogP contribution >= 0.6 is 0 Å². The summed E-state index contributed by atoms with van der Waals surface area (Å²) in [5, 5.41) is 5.09. The van der Waals surface area contributed by atoms with Gasteiger partial charge >= 0.3 is 0 Å². The summed E-state index contributed by atoms with van der Waals surface area (Å²) in [5.74, 6) is 0.732. The zero-order chi connectivity index (χ0) is 16.2. The van der Waals surface area contributed by atoms with Crippen LogP contribution in [0.2, 0.25) is 0 Å². The zero-order valence-electron chi connectivity index (χ0n) is 12.8. The van der Waals surface area contributed by atoms with E-state index in [2.05, 4.69) is 28.9 Å². The van der Waals surface area contributed by atoms with Gasteiger partial charge in [-0.15, -0.1) is 0 Å². The third-order valence-corrected chi connectivity index (χ3v) is 4.64. The first-order valence-electron chi connectivity index (χ1n) is 7.17. The summed E-state index contributed by atoms with van der Waals surface area (Å²) in [5.41, 5.74) is 1.27. The molecule has 1 aromatic heterocycles. The van der Waals surface area contributed by atoms with Crippen LogP contribution in [0.15, 0.2) is 53.6 Å². The Morgan fingerprint density at radius 2 is 1.86 bits per heavy atom. The minimum Gasteiger partial charge on any atom is -0.356 e. The molecule has 1 unspecified atom stereocenters. The van der Waals surface area contributed by atoms with Crippen molar-refractivity contribution in [2.75, 3.05) is 11.9 Å². The van der Waals surface area contributed by atoms with Gasteiger partial charge in [-0.05, 0) is 30.5 Å². The Kier molecular flexibility index (Phi) is 5.15. The Morgan fingerprint density at radius 1 is 1.18 bits per heavy atom. The van der Waals surface area contributed by atoms with E-state index in [0.29, 0.717) is 0 Å². The topological polar surface area (TPSA) is 76.3 Å². The molecule has 0 aliphatic rings. The second-order valence-electron chi connectivity index (χ2n) is 5.26. The van der Waals surface area contributed by atoms with Gasteiger partial charge in [0.2, 0.25) is 10.0 Å². The second kappa shape index (κ2) is 6.89. The Bertz CT molecular complexity index is 700. The van der Waals surface area contributed by atoms with Crippen molar-refractivity contribution in [3.8, 4) is 0 Å². The average Bonchev–Trinajstić information content (AvgIpc) is 2.52. The van der Waals surface area contributed by atoms with Crippen molar-refractivity contribution in [3.63, 3.8) is 0 Å². The summed E-state index contributed by atoms with van der Waals surface area (Å²) in [7, 11) is -1.73. The van der Waals surface area contributed by atoms with Gasteiger partial charge in [-0.3, -0.25) is 0 Å². The molecule has 2 aromatic rings. The van der Waals surface area contributed by atoms with Crippen molar-refractivity contribution in [2.45, 2.75) is 30.7 Å². The lowest BCUT2D eigenvalue weighted by molar-refractivity contribution is 0.595. The molecule has 0 bridgehead atoms. The number of benzene rings is 1. The number of hydrogen-bond donors (Lipinski definition) is 1. The minimum absolute atomic E-state index is 0.0285. The van der Waals surface area contributed by atoms with E-state index in [4.69, 9.17) is 5.14 Å². The van der Waals surface area contributed by atoms with E-state index in [-0.39, 0.29) is 10.9 Å². The van der Waals surface area contributed by atoms with Crippen LogP contribution in [-0.4, -0.2) is 26.5 Å².